The van der Waals surface area contributed by atoms with Crippen LogP contribution in [0.25, 0.3) is 16.8 Å². The molecule has 0 saturated carbocycles. The van der Waals surface area contributed by atoms with Gasteiger partial charge in [-0.25, -0.2) is 9.50 Å². The smallest absolute Gasteiger partial charge is 0.274 e. The van der Waals surface area contributed by atoms with E-state index in [1.807, 2.05) is 24.3 Å². The molecule has 0 radical (unpaired) electrons. The summed E-state index contributed by atoms with van der Waals surface area (Å²) in [5, 5.41) is 10.8. The SMILES string of the molecule is CSc1ccc(-c2cnn3ccc(C(=O)Nc4ccccc4N4CCNCC4)nc23)cc1. The molecule has 1 saturated heterocycles. The number of para-hydroxylation sites is 2. The first-order valence-corrected chi connectivity index (χ1v) is 11.8. The van der Waals surface area contributed by atoms with Crippen LogP contribution in [0.5, 0.6) is 0 Å². The van der Waals surface area contributed by atoms with Gasteiger partial charge in [-0.3, -0.25) is 4.79 Å². The number of amides is 1. The van der Waals surface area contributed by atoms with Crippen molar-refractivity contribution in [3.63, 3.8) is 0 Å². The van der Waals surface area contributed by atoms with Crippen molar-refractivity contribution in [3.05, 3.63) is 72.7 Å². The number of thioether (sulfide) groups is 1. The minimum Gasteiger partial charge on any atom is -0.367 e. The second-order valence-electron chi connectivity index (χ2n) is 7.58. The Hall–Kier alpha value is -3.36. The monoisotopic (exact) mass is 444 g/mol. The first-order chi connectivity index (χ1) is 15.7. The molecule has 2 aromatic carbocycles. The van der Waals surface area contributed by atoms with Crippen molar-refractivity contribution in [2.45, 2.75) is 4.90 Å². The van der Waals surface area contributed by atoms with Crippen molar-refractivity contribution >= 4 is 34.7 Å². The molecule has 7 nitrogen and oxygen atoms in total. The average Bonchev–Trinajstić information content (AvgIpc) is 3.28. The molecule has 32 heavy (non-hydrogen) atoms. The third-order valence-electron chi connectivity index (χ3n) is 5.61. The summed E-state index contributed by atoms with van der Waals surface area (Å²) in [6, 6.07) is 17.9. The molecular formula is C24H24N6OS. The predicted octanol–water partition coefficient (Wildman–Crippen LogP) is 3.78. The van der Waals surface area contributed by atoms with Crippen LogP contribution in [0.15, 0.2) is 71.9 Å². The second kappa shape index (κ2) is 9.02. The molecule has 0 aliphatic carbocycles. The first kappa shape index (κ1) is 20.5. The lowest BCUT2D eigenvalue weighted by Crippen LogP contribution is -2.43. The van der Waals surface area contributed by atoms with Crippen LogP contribution in [0.1, 0.15) is 10.5 Å². The van der Waals surface area contributed by atoms with Gasteiger partial charge in [0.05, 0.1) is 17.6 Å². The Morgan fingerprint density at radius 2 is 1.84 bits per heavy atom. The Kier molecular flexibility index (Phi) is 5.79. The van der Waals surface area contributed by atoms with Gasteiger partial charge in [0.15, 0.2) is 5.65 Å². The highest BCUT2D eigenvalue weighted by Crippen LogP contribution is 2.28. The number of anilines is 2. The second-order valence-corrected chi connectivity index (χ2v) is 8.46. The van der Waals surface area contributed by atoms with Gasteiger partial charge in [0.2, 0.25) is 0 Å². The zero-order valence-electron chi connectivity index (χ0n) is 17.8. The molecule has 0 atom stereocenters. The highest BCUT2D eigenvalue weighted by molar-refractivity contribution is 7.98. The van der Waals surface area contributed by atoms with Crippen LogP contribution in [0.2, 0.25) is 0 Å². The number of nitrogens with zero attached hydrogens (tertiary/aromatic N) is 4. The number of piperazine rings is 1. The number of rotatable bonds is 5. The van der Waals surface area contributed by atoms with Crippen molar-refractivity contribution in [2.24, 2.45) is 0 Å². The molecule has 2 N–H and O–H groups in total. The Labute approximate surface area is 190 Å². The molecule has 1 amide bonds. The fourth-order valence-electron chi connectivity index (χ4n) is 3.92. The summed E-state index contributed by atoms with van der Waals surface area (Å²) in [6.45, 7) is 3.68. The highest BCUT2D eigenvalue weighted by atomic mass is 32.2. The third kappa shape index (κ3) is 4.06. The number of nitrogens with one attached hydrogen (secondary N) is 2. The number of aromatic nitrogens is 3. The van der Waals surface area contributed by atoms with E-state index in [9.17, 15) is 4.79 Å². The molecule has 162 valence electrons. The van der Waals surface area contributed by atoms with Gasteiger partial charge in [0.25, 0.3) is 5.91 Å². The zero-order valence-corrected chi connectivity index (χ0v) is 18.6. The quantitative estimate of drug-likeness (QED) is 0.457. The number of carbonyl (C=O) groups is 1. The normalized spacial score (nSPS) is 14.0. The largest absolute Gasteiger partial charge is 0.367 e. The fourth-order valence-corrected chi connectivity index (χ4v) is 4.32. The van der Waals surface area contributed by atoms with E-state index in [2.05, 4.69) is 56.1 Å². The fraction of sp³-hybridized carbons (Fsp3) is 0.208. The minimum absolute atomic E-state index is 0.236. The molecule has 1 aliphatic heterocycles. The number of benzene rings is 2. The van der Waals surface area contributed by atoms with Crippen molar-refractivity contribution in [2.75, 3.05) is 42.7 Å². The van der Waals surface area contributed by atoms with Gasteiger partial charge in [-0.05, 0) is 42.2 Å². The van der Waals surface area contributed by atoms with Crippen LogP contribution in [0.4, 0.5) is 11.4 Å². The Morgan fingerprint density at radius 1 is 1.06 bits per heavy atom. The van der Waals surface area contributed by atoms with Crippen LogP contribution < -0.4 is 15.5 Å². The number of fused-ring (bicyclic) bond motifs is 1. The Morgan fingerprint density at radius 3 is 2.62 bits per heavy atom. The van der Waals surface area contributed by atoms with Crippen molar-refractivity contribution < 1.29 is 4.79 Å². The zero-order chi connectivity index (χ0) is 21.9. The lowest BCUT2D eigenvalue weighted by Gasteiger charge is -2.31. The maximum absolute atomic E-state index is 13.1. The van der Waals surface area contributed by atoms with Gasteiger partial charge < -0.3 is 15.5 Å². The molecular weight excluding hydrogens is 420 g/mol. The van der Waals surface area contributed by atoms with Crippen LogP contribution in [0.3, 0.4) is 0 Å². The summed E-state index contributed by atoms with van der Waals surface area (Å²) in [6.07, 6.45) is 5.62. The molecule has 0 spiro atoms. The Balaban J connectivity index is 1.43. The summed E-state index contributed by atoms with van der Waals surface area (Å²) in [5.41, 5.74) is 4.75. The van der Waals surface area contributed by atoms with E-state index in [0.717, 1.165) is 48.7 Å². The summed E-state index contributed by atoms with van der Waals surface area (Å²) < 4.78 is 1.70. The topological polar surface area (TPSA) is 74.6 Å². The van der Waals surface area contributed by atoms with E-state index in [4.69, 9.17) is 0 Å². The van der Waals surface area contributed by atoms with Crippen LogP contribution >= 0.6 is 11.8 Å². The number of hydrogen-bond donors (Lipinski definition) is 2. The molecule has 0 unspecified atom stereocenters. The molecule has 2 aromatic heterocycles. The summed E-state index contributed by atoms with van der Waals surface area (Å²) in [5.74, 6) is -0.236. The third-order valence-corrected chi connectivity index (χ3v) is 6.36. The predicted molar refractivity (Wildman–Crippen MR) is 130 cm³/mol. The van der Waals surface area contributed by atoms with E-state index in [1.54, 1.807) is 34.7 Å². The van der Waals surface area contributed by atoms with Gasteiger partial charge in [0, 0.05) is 42.8 Å². The van der Waals surface area contributed by atoms with Gasteiger partial charge in [-0.2, -0.15) is 5.10 Å². The molecule has 8 heteroatoms. The van der Waals surface area contributed by atoms with E-state index in [0.29, 0.717) is 11.3 Å². The van der Waals surface area contributed by atoms with E-state index in [1.165, 1.54) is 4.90 Å². The first-order valence-electron chi connectivity index (χ1n) is 10.6. The molecule has 0 bridgehead atoms. The highest BCUT2D eigenvalue weighted by Gasteiger charge is 2.17. The maximum Gasteiger partial charge on any atom is 0.274 e. The molecule has 3 heterocycles. The van der Waals surface area contributed by atoms with Crippen LogP contribution in [-0.2, 0) is 0 Å². The average molecular weight is 445 g/mol. The molecule has 4 aromatic rings. The molecule has 5 rings (SSSR count). The Bertz CT molecular complexity index is 1250. The van der Waals surface area contributed by atoms with Crippen molar-refractivity contribution in [3.8, 4) is 11.1 Å². The van der Waals surface area contributed by atoms with Crippen LogP contribution in [0, 0.1) is 0 Å². The van der Waals surface area contributed by atoms with Crippen molar-refractivity contribution in [1.82, 2.24) is 19.9 Å². The minimum atomic E-state index is -0.236. The maximum atomic E-state index is 13.1. The summed E-state index contributed by atoms with van der Waals surface area (Å²) in [4.78, 5) is 21.2. The number of carbonyl (C=O) groups excluding carboxylic acids is 1. The van der Waals surface area contributed by atoms with Crippen molar-refractivity contribution in [1.29, 1.82) is 0 Å². The van der Waals surface area contributed by atoms with Crippen LogP contribution in [-0.4, -0.2) is 52.9 Å². The molecule has 1 aliphatic rings. The lowest BCUT2D eigenvalue weighted by atomic mass is 10.1. The van der Waals surface area contributed by atoms with Gasteiger partial charge >= 0.3 is 0 Å². The molecule has 1 fully saturated rings. The van der Waals surface area contributed by atoms with E-state index in [-0.39, 0.29) is 5.91 Å². The summed E-state index contributed by atoms with van der Waals surface area (Å²) >= 11 is 1.70. The number of hydrogen-bond acceptors (Lipinski definition) is 6. The summed E-state index contributed by atoms with van der Waals surface area (Å²) in [7, 11) is 0. The van der Waals surface area contributed by atoms with Gasteiger partial charge in [-0.1, -0.05) is 24.3 Å². The van der Waals surface area contributed by atoms with E-state index >= 15 is 0 Å². The lowest BCUT2D eigenvalue weighted by molar-refractivity contribution is 0.102. The standard InChI is InChI=1S/C24H24N6OS/c1-32-18-8-6-17(7-9-18)19-16-26-30-13-10-21(27-23(19)30)24(31)28-20-4-2-3-5-22(20)29-14-11-25-12-15-29/h2-10,13,16,25H,11-12,14-15H2,1H3,(H,28,31). The van der Waals surface area contributed by atoms with E-state index < -0.39 is 0 Å². The van der Waals surface area contributed by atoms with Gasteiger partial charge in [-0.15, -0.1) is 11.8 Å². The van der Waals surface area contributed by atoms with Gasteiger partial charge in [0.1, 0.15) is 5.69 Å².